The molecule has 6 heteroatoms. The summed E-state index contributed by atoms with van der Waals surface area (Å²) in [6, 6.07) is 3.90. The molecule has 0 saturated carbocycles. The highest BCUT2D eigenvalue weighted by Gasteiger charge is 2.21. The molecule has 0 saturated heterocycles. The third kappa shape index (κ3) is 2.60. The number of fused-ring (bicyclic) bond motifs is 3. The molecular formula is C17H17N3OS2. The molecule has 0 atom stereocenters. The predicted octanol–water partition coefficient (Wildman–Crippen LogP) is 3.50. The van der Waals surface area contributed by atoms with E-state index in [-0.39, 0.29) is 5.56 Å². The van der Waals surface area contributed by atoms with Crippen molar-refractivity contribution in [2.75, 3.05) is 6.26 Å². The van der Waals surface area contributed by atoms with Crippen LogP contribution < -0.4 is 5.56 Å². The summed E-state index contributed by atoms with van der Waals surface area (Å²) in [5, 5.41) is 1.65. The minimum absolute atomic E-state index is 0.107. The van der Waals surface area contributed by atoms with Crippen molar-refractivity contribution in [1.29, 1.82) is 0 Å². The van der Waals surface area contributed by atoms with Crippen LogP contribution >= 0.6 is 23.1 Å². The van der Waals surface area contributed by atoms with Crippen molar-refractivity contribution >= 4 is 33.3 Å². The molecule has 1 aliphatic rings. The Kier molecular flexibility index (Phi) is 3.95. The number of aromatic nitrogens is 3. The van der Waals surface area contributed by atoms with Gasteiger partial charge in [-0.25, -0.2) is 4.98 Å². The van der Waals surface area contributed by atoms with Gasteiger partial charge in [0, 0.05) is 17.3 Å². The van der Waals surface area contributed by atoms with Crippen LogP contribution in [0.15, 0.2) is 34.5 Å². The van der Waals surface area contributed by atoms with Gasteiger partial charge in [0.2, 0.25) is 0 Å². The maximum absolute atomic E-state index is 13.1. The summed E-state index contributed by atoms with van der Waals surface area (Å²) in [6.45, 7) is 0.547. The summed E-state index contributed by atoms with van der Waals surface area (Å²) in [5.74, 6) is 0. The largest absolute Gasteiger partial charge is 0.283 e. The van der Waals surface area contributed by atoms with Crippen molar-refractivity contribution in [2.24, 2.45) is 0 Å². The van der Waals surface area contributed by atoms with Crippen LogP contribution in [0.2, 0.25) is 0 Å². The lowest BCUT2D eigenvalue weighted by Gasteiger charge is -2.12. The summed E-state index contributed by atoms with van der Waals surface area (Å²) in [6.07, 6.45) is 10.0. The fourth-order valence-electron chi connectivity index (χ4n) is 3.19. The monoisotopic (exact) mass is 343 g/mol. The highest BCUT2D eigenvalue weighted by Crippen LogP contribution is 2.34. The van der Waals surface area contributed by atoms with Crippen LogP contribution in [-0.4, -0.2) is 20.8 Å². The van der Waals surface area contributed by atoms with Gasteiger partial charge in [-0.2, -0.15) is 0 Å². The van der Waals surface area contributed by atoms with Gasteiger partial charge >= 0.3 is 0 Å². The SMILES string of the molecule is CSc1nc2sc3c(c2c(=O)n1Cc1ccncc1)CCCC3. The van der Waals surface area contributed by atoms with E-state index < -0.39 is 0 Å². The van der Waals surface area contributed by atoms with E-state index in [2.05, 4.69) is 4.98 Å². The maximum atomic E-state index is 13.1. The summed E-state index contributed by atoms with van der Waals surface area (Å²) in [5.41, 5.74) is 2.43. The van der Waals surface area contributed by atoms with Crippen molar-refractivity contribution in [3.05, 3.63) is 50.9 Å². The van der Waals surface area contributed by atoms with Gasteiger partial charge in [0.15, 0.2) is 5.16 Å². The highest BCUT2D eigenvalue weighted by atomic mass is 32.2. The second kappa shape index (κ2) is 6.09. The Hall–Kier alpha value is -1.66. The van der Waals surface area contributed by atoms with E-state index in [0.717, 1.165) is 33.8 Å². The molecule has 3 aromatic heterocycles. The number of pyridine rings is 1. The number of thiophene rings is 1. The average Bonchev–Trinajstić information content (AvgIpc) is 2.96. The van der Waals surface area contributed by atoms with E-state index in [1.807, 2.05) is 23.0 Å². The number of rotatable bonds is 3. The molecule has 4 nitrogen and oxygen atoms in total. The number of hydrogen-bond donors (Lipinski definition) is 0. The van der Waals surface area contributed by atoms with E-state index in [1.54, 1.807) is 23.7 Å². The standard InChI is InChI=1S/C17H17N3OS2/c1-22-17-19-15-14(12-4-2-3-5-13(12)23-15)16(21)20(17)10-11-6-8-18-9-7-11/h6-9H,2-5,10H2,1H3. The molecule has 4 rings (SSSR count). The minimum atomic E-state index is 0.107. The van der Waals surface area contributed by atoms with Gasteiger partial charge in [-0.05, 0) is 55.2 Å². The lowest BCUT2D eigenvalue weighted by molar-refractivity contribution is 0.656. The fraction of sp³-hybridized carbons (Fsp3) is 0.353. The first-order valence-corrected chi connectivity index (χ1v) is 9.80. The maximum Gasteiger partial charge on any atom is 0.263 e. The molecule has 0 unspecified atom stereocenters. The number of nitrogens with zero attached hydrogens (tertiary/aromatic N) is 3. The summed E-state index contributed by atoms with van der Waals surface area (Å²) >= 11 is 3.24. The van der Waals surface area contributed by atoms with Crippen molar-refractivity contribution in [3.63, 3.8) is 0 Å². The molecule has 0 aromatic carbocycles. The smallest absolute Gasteiger partial charge is 0.263 e. The molecule has 0 amide bonds. The molecule has 0 fully saturated rings. The van der Waals surface area contributed by atoms with Crippen LogP contribution in [0, 0.1) is 0 Å². The Morgan fingerprint density at radius 3 is 2.83 bits per heavy atom. The zero-order chi connectivity index (χ0) is 15.8. The Morgan fingerprint density at radius 1 is 1.26 bits per heavy atom. The molecule has 3 heterocycles. The second-order valence-electron chi connectivity index (χ2n) is 5.74. The molecule has 23 heavy (non-hydrogen) atoms. The van der Waals surface area contributed by atoms with Gasteiger partial charge in [-0.15, -0.1) is 11.3 Å². The van der Waals surface area contributed by atoms with Gasteiger partial charge in [-0.3, -0.25) is 14.3 Å². The average molecular weight is 343 g/mol. The number of hydrogen-bond acceptors (Lipinski definition) is 5. The van der Waals surface area contributed by atoms with Gasteiger partial charge < -0.3 is 0 Å². The van der Waals surface area contributed by atoms with Gasteiger partial charge in [0.1, 0.15) is 4.83 Å². The van der Waals surface area contributed by atoms with E-state index in [9.17, 15) is 4.79 Å². The first-order valence-electron chi connectivity index (χ1n) is 7.76. The van der Waals surface area contributed by atoms with Crippen molar-refractivity contribution in [2.45, 2.75) is 37.4 Å². The van der Waals surface area contributed by atoms with Gasteiger partial charge in [0.25, 0.3) is 5.56 Å². The van der Waals surface area contributed by atoms with E-state index in [4.69, 9.17) is 4.98 Å². The summed E-state index contributed by atoms with van der Waals surface area (Å²) in [7, 11) is 0. The third-order valence-corrected chi connectivity index (χ3v) is 6.17. The van der Waals surface area contributed by atoms with E-state index >= 15 is 0 Å². The molecule has 0 radical (unpaired) electrons. The van der Waals surface area contributed by atoms with Gasteiger partial charge in [0.05, 0.1) is 11.9 Å². The lowest BCUT2D eigenvalue weighted by atomic mass is 9.97. The quantitative estimate of drug-likeness (QED) is 0.539. The molecular weight excluding hydrogens is 326 g/mol. The summed E-state index contributed by atoms with van der Waals surface area (Å²) < 4.78 is 1.81. The topological polar surface area (TPSA) is 47.8 Å². The van der Waals surface area contributed by atoms with Crippen LogP contribution in [-0.2, 0) is 19.4 Å². The van der Waals surface area contributed by atoms with E-state index in [1.165, 1.54) is 35.0 Å². The predicted molar refractivity (Wildman–Crippen MR) is 95.6 cm³/mol. The highest BCUT2D eigenvalue weighted by molar-refractivity contribution is 7.98. The Balaban J connectivity index is 1.92. The Labute approximate surface area is 142 Å². The van der Waals surface area contributed by atoms with Crippen LogP contribution in [0.5, 0.6) is 0 Å². The summed E-state index contributed by atoms with van der Waals surface area (Å²) in [4.78, 5) is 24.3. The normalized spacial score (nSPS) is 14.1. The van der Waals surface area contributed by atoms with Crippen LogP contribution in [0.3, 0.4) is 0 Å². The fourth-order valence-corrected chi connectivity index (χ4v) is 5.05. The van der Waals surface area contributed by atoms with Crippen molar-refractivity contribution in [1.82, 2.24) is 14.5 Å². The minimum Gasteiger partial charge on any atom is -0.283 e. The van der Waals surface area contributed by atoms with Crippen LogP contribution in [0.1, 0.15) is 28.8 Å². The molecule has 118 valence electrons. The Bertz CT molecular complexity index is 915. The number of thioether (sulfide) groups is 1. The molecule has 3 aromatic rings. The molecule has 0 aliphatic heterocycles. The van der Waals surface area contributed by atoms with Crippen LogP contribution in [0.4, 0.5) is 0 Å². The lowest BCUT2D eigenvalue weighted by Crippen LogP contribution is -2.24. The zero-order valence-corrected chi connectivity index (χ0v) is 14.5. The third-order valence-electron chi connectivity index (χ3n) is 4.31. The number of aryl methyl sites for hydroxylation is 2. The first kappa shape index (κ1) is 14.9. The molecule has 0 N–H and O–H groups in total. The molecule has 0 bridgehead atoms. The first-order chi connectivity index (χ1) is 11.3. The van der Waals surface area contributed by atoms with Crippen molar-refractivity contribution in [3.8, 4) is 0 Å². The zero-order valence-electron chi connectivity index (χ0n) is 12.9. The molecule has 1 aliphatic carbocycles. The van der Waals surface area contributed by atoms with E-state index in [0.29, 0.717) is 6.54 Å². The van der Waals surface area contributed by atoms with Crippen LogP contribution in [0.25, 0.3) is 10.2 Å². The van der Waals surface area contributed by atoms with Gasteiger partial charge in [-0.1, -0.05) is 11.8 Å². The molecule has 0 spiro atoms. The van der Waals surface area contributed by atoms with Crippen molar-refractivity contribution < 1.29 is 0 Å². The second-order valence-corrected chi connectivity index (χ2v) is 7.59. The Morgan fingerprint density at radius 2 is 2.04 bits per heavy atom.